The van der Waals surface area contributed by atoms with Crippen LogP contribution in [0, 0.1) is 0 Å². The van der Waals surface area contributed by atoms with Crippen LogP contribution in [0.4, 0.5) is 0 Å². The largest absolute Gasteiger partial charge is 0.337 e. The molecule has 0 amide bonds. The van der Waals surface area contributed by atoms with Gasteiger partial charge in [-0.2, -0.15) is 10.1 Å². The van der Waals surface area contributed by atoms with E-state index in [0.29, 0.717) is 23.5 Å². The number of hydrogen-bond donors (Lipinski definition) is 1. The highest BCUT2D eigenvalue weighted by Crippen LogP contribution is 2.07. The van der Waals surface area contributed by atoms with Gasteiger partial charge < -0.3 is 9.84 Å². The van der Waals surface area contributed by atoms with Crippen molar-refractivity contribution >= 4 is 23.2 Å². The number of nitrogens with zero attached hydrogens (tertiary/aromatic N) is 4. The Hall–Kier alpha value is -2.25. The number of hydrogen-bond acceptors (Lipinski definition) is 6. The van der Waals surface area contributed by atoms with Crippen LogP contribution in [0.2, 0.25) is 0 Å². The maximum absolute atomic E-state index is 12.4. The lowest BCUT2D eigenvalue weighted by molar-refractivity contribution is 0.357. The van der Waals surface area contributed by atoms with E-state index < -0.39 is 0 Å². The Balaban J connectivity index is 0.00000192. The highest BCUT2D eigenvalue weighted by molar-refractivity contribution is 5.85. The summed E-state index contributed by atoms with van der Waals surface area (Å²) in [7, 11) is 1.88. The SMILES string of the molecule is CNC(C)Cc1noc(Cn2ncc3ccccc3c2=O)n1.Cl. The average Bonchev–Trinajstić information content (AvgIpc) is 2.97. The summed E-state index contributed by atoms with van der Waals surface area (Å²) in [6, 6.07) is 7.60. The first-order valence-electron chi connectivity index (χ1n) is 7.11. The van der Waals surface area contributed by atoms with Crippen molar-refractivity contribution in [3.63, 3.8) is 0 Å². The molecule has 0 aliphatic heterocycles. The van der Waals surface area contributed by atoms with Crippen molar-refractivity contribution in [1.82, 2.24) is 25.2 Å². The van der Waals surface area contributed by atoms with E-state index in [1.807, 2.05) is 32.2 Å². The topological polar surface area (TPSA) is 85.8 Å². The summed E-state index contributed by atoms with van der Waals surface area (Å²) in [6.07, 6.45) is 2.33. The number of likely N-dealkylation sites (N-methyl/N-ethyl adjacent to an activating group) is 1. The molecule has 0 spiro atoms. The Bertz CT molecular complexity index is 845. The van der Waals surface area contributed by atoms with Crippen molar-refractivity contribution in [2.75, 3.05) is 7.05 Å². The van der Waals surface area contributed by atoms with Crippen LogP contribution < -0.4 is 10.9 Å². The predicted molar refractivity (Wildman–Crippen MR) is 88.9 cm³/mol. The second-order valence-electron chi connectivity index (χ2n) is 5.19. The minimum absolute atomic E-state index is 0. The van der Waals surface area contributed by atoms with Gasteiger partial charge in [0.15, 0.2) is 5.82 Å². The molecule has 3 rings (SSSR count). The molecule has 2 aromatic heterocycles. The summed E-state index contributed by atoms with van der Waals surface area (Å²) >= 11 is 0. The van der Waals surface area contributed by atoms with Gasteiger partial charge in [0.05, 0.1) is 11.6 Å². The molecule has 0 saturated carbocycles. The van der Waals surface area contributed by atoms with Gasteiger partial charge in [0.2, 0.25) is 5.89 Å². The van der Waals surface area contributed by atoms with E-state index in [1.54, 1.807) is 12.3 Å². The van der Waals surface area contributed by atoms with E-state index >= 15 is 0 Å². The summed E-state index contributed by atoms with van der Waals surface area (Å²) in [5.74, 6) is 0.994. The molecule has 3 aromatic rings. The Kier molecular flexibility index (Phi) is 5.46. The zero-order chi connectivity index (χ0) is 15.5. The van der Waals surface area contributed by atoms with E-state index in [4.69, 9.17) is 4.52 Å². The smallest absolute Gasteiger partial charge is 0.275 e. The van der Waals surface area contributed by atoms with Crippen LogP contribution in [0.1, 0.15) is 18.6 Å². The van der Waals surface area contributed by atoms with Crippen molar-refractivity contribution in [3.8, 4) is 0 Å². The van der Waals surface area contributed by atoms with E-state index in [9.17, 15) is 4.79 Å². The molecule has 0 fully saturated rings. The summed E-state index contributed by atoms with van der Waals surface area (Å²) < 4.78 is 6.53. The zero-order valence-corrected chi connectivity index (χ0v) is 13.7. The van der Waals surface area contributed by atoms with Crippen molar-refractivity contribution in [1.29, 1.82) is 0 Å². The van der Waals surface area contributed by atoms with Gasteiger partial charge in [-0.05, 0) is 20.0 Å². The third kappa shape index (κ3) is 3.75. The Morgan fingerprint density at radius 1 is 1.35 bits per heavy atom. The molecular weight excluding hydrogens is 318 g/mol. The highest BCUT2D eigenvalue weighted by atomic mass is 35.5. The lowest BCUT2D eigenvalue weighted by Crippen LogP contribution is -2.24. The van der Waals surface area contributed by atoms with Gasteiger partial charge in [0, 0.05) is 17.8 Å². The third-order valence-electron chi connectivity index (χ3n) is 3.54. The van der Waals surface area contributed by atoms with Gasteiger partial charge in [-0.25, -0.2) is 4.68 Å². The predicted octanol–water partition coefficient (Wildman–Crippen LogP) is 1.40. The van der Waals surface area contributed by atoms with E-state index in [2.05, 4.69) is 20.6 Å². The normalized spacial score (nSPS) is 12.1. The molecule has 8 heteroatoms. The summed E-state index contributed by atoms with van der Waals surface area (Å²) in [4.78, 5) is 16.7. The zero-order valence-electron chi connectivity index (χ0n) is 12.9. The summed E-state index contributed by atoms with van der Waals surface area (Å²) in [6.45, 7) is 2.20. The maximum Gasteiger partial charge on any atom is 0.275 e. The Morgan fingerprint density at radius 2 is 2.13 bits per heavy atom. The number of fused-ring (bicyclic) bond motifs is 1. The second kappa shape index (κ2) is 7.34. The number of halogens is 1. The molecule has 0 saturated heterocycles. The average molecular weight is 336 g/mol. The van der Waals surface area contributed by atoms with Gasteiger partial charge >= 0.3 is 0 Å². The first-order chi connectivity index (χ1) is 10.7. The van der Waals surface area contributed by atoms with Gasteiger partial charge in [-0.15, -0.1) is 12.4 Å². The summed E-state index contributed by atoms with van der Waals surface area (Å²) in [5, 5.41) is 12.6. The minimum Gasteiger partial charge on any atom is -0.337 e. The number of nitrogens with one attached hydrogen (secondary N) is 1. The first kappa shape index (κ1) is 17.1. The molecule has 1 unspecified atom stereocenters. The lowest BCUT2D eigenvalue weighted by atomic mass is 10.2. The molecule has 1 aromatic carbocycles. The van der Waals surface area contributed by atoms with E-state index in [1.165, 1.54) is 4.68 Å². The van der Waals surface area contributed by atoms with Crippen LogP contribution in [-0.4, -0.2) is 33.0 Å². The summed E-state index contributed by atoms with van der Waals surface area (Å²) in [5.41, 5.74) is -0.165. The molecule has 0 aliphatic rings. The van der Waals surface area contributed by atoms with Gasteiger partial charge in [0.1, 0.15) is 6.54 Å². The molecule has 1 atom stereocenters. The standard InChI is InChI=1S/C15H17N5O2.ClH/c1-10(16-2)7-13-18-14(22-19-13)9-20-15(21)12-6-4-3-5-11(12)8-17-20;/h3-6,8,10,16H,7,9H2,1-2H3;1H. The van der Waals surface area contributed by atoms with Crippen LogP contribution >= 0.6 is 12.4 Å². The maximum atomic E-state index is 12.4. The molecule has 0 radical (unpaired) electrons. The molecule has 23 heavy (non-hydrogen) atoms. The van der Waals surface area contributed by atoms with Crippen molar-refractivity contribution in [2.24, 2.45) is 0 Å². The number of rotatable bonds is 5. The highest BCUT2D eigenvalue weighted by Gasteiger charge is 2.12. The molecule has 1 N–H and O–H groups in total. The van der Waals surface area contributed by atoms with Crippen LogP contribution in [0.25, 0.3) is 10.8 Å². The fourth-order valence-electron chi connectivity index (χ4n) is 2.18. The molecule has 0 aliphatic carbocycles. The molecular formula is C15H18ClN5O2. The van der Waals surface area contributed by atoms with Crippen molar-refractivity contribution < 1.29 is 4.52 Å². The fourth-order valence-corrected chi connectivity index (χ4v) is 2.18. The van der Waals surface area contributed by atoms with E-state index in [0.717, 1.165) is 5.39 Å². The van der Waals surface area contributed by atoms with Crippen molar-refractivity contribution in [3.05, 3.63) is 52.5 Å². The molecule has 2 heterocycles. The van der Waals surface area contributed by atoms with Crippen molar-refractivity contribution in [2.45, 2.75) is 25.9 Å². The van der Waals surface area contributed by atoms with E-state index in [-0.39, 0.29) is 30.6 Å². The quantitative estimate of drug-likeness (QED) is 0.758. The third-order valence-corrected chi connectivity index (χ3v) is 3.54. The lowest BCUT2D eigenvalue weighted by Gasteiger charge is -2.04. The monoisotopic (exact) mass is 335 g/mol. The molecule has 0 bridgehead atoms. The second-order valence-corrected chi connectivity index (χ2v) is 5.19. The van der Waals surface area contributed by atoms with Gasteiger partial charge in [-0.3, -0.25) is 4.79 Å². The number of benzene rings is 1. The minimum atomic E-state index is -0.165. The van der Waals surface area contributed by atoms with Gasteiger partial charge in [-0.1, -0.05) is 23.4 Å². The van der Waals surface area contributed by atoms with Crippen LogP contribution in [-0.2, 0) is 13.0 Å². The van der Waals surface area contributed by atoms with Crippen LogP contribution in [0.5, 0.6) is 0 Å². The van der Waals surface area contributed by atoms with Gasteiger partial charge in [0.25, 0.3) is 5.56 Å². The van der Waals surface area contributed by atoms with Crippen LogP contribution in [0.3, 0.4) is 0 Å². The fraction of sp³-hybridized carbons (Fsp3) is 0.333. The Labute approximate surface area is 139 Å². The van der Waals surface area contributed by atoms with Crippen LogP contribution in [0.15, 0.2) is 39.8 Å². The number of aromatic nitrogens is 4. The molecule has 122 valence electrons. The first-order valence-corrected chi connectivity index (χ1v) is 7.11. The Morgan fingerprint density at radius 3 is 2.91 bits per heavy atom. The molecule has 7 nitrogen and oxygen atoms in total.